The number of aliphatic hydroxyl groups is 3. The Balaban J connectivity index is 0.000000126. The van der Waals surface area contributed by atoms with Gasteiger partial charge in [0.15, 0.2) is 11.3 Å². The molecule has 86 heavy (non-hydrogen) atoms. The predicted octanol–water partition coefficient (Wildman–Crippen LogP) is 8.43. The Kier molecular flexibility index (Phi) is 16.1. The van der Waals surface area contributed by atoms with Crippen LogP contribution in [0.2, 0.25) is 0 Å². The van der Waals surface area contributed by atoms with E-state index in [0.717, 1.165) is 50.4 Å². The lowest BCUT2D eigenvalue weighted by Crippen LogP contribution is -2.53. The number of ether oxygens (including phenoxy) is 5. The van der Waals surface area contributed by atoms with E-state index in [0.29, 0.717) is 83.4 Å². The van der Waals surface area contributed by atoms with Crippen LogP contribution in [0.4, 0.5) is 0 Å². The first-order valence-electron chi connectivity index (χ1n) is 27.7. The molecular weight excluding hydrogens is 1090 g/mol. The third kappa shape index (κ3) is 11.8. The number of H-pyrrole nitrogens is 3. The molecule has 8 heterocycles. The molecule has 6 aromatic carbocycles. The Hall–Kier alpha value is -10.2. The molecule has 0 aliphatic carbocycles. The molecule has 12 aromatic rings. The molecule has 14 rings (SSSR count). The lowest BCUT2D eigenvalue weighted by molar-refractivity contribution is -0.192. The Morgan fingerprint density at radius 2 is 0.919 bits per heavy atom. The van der Waals surface area contributed by atoms with Crippen molar-refractivity contribution in [1.82, 2.24) is 43.6 Å². The third-order valence-electron chi connectivity index (χ3n) is 14.8. The molecule has 0 bridgehead atoms. The van der Waals surface area contributed by atoms with Crippen molar-refractivity contribution in [3.63, 3.8) is 0 Å². The van der Waals surface area contributed by atoms with E-state index in [1.165, 1.54) is 19.0 Å². The second-order valence-electron chi connectivity index (χ2n) is 21.2. The van der Waals surface area contributed by atoms with Gasteiger partial charge in [-0.15, -0.1) is 0 Å². The molecule has 20 nitrogen and oxygen atoms in total. The largest absolute Gasteiger partial charge is 0.493 e. The van der Waals surface area contributed by atoms with Crippen LogP contribution >= 0.6 is 0 Å². The van der Waals surface area contributed by atoms with E-state index in [1.807, 2.05) is 196 Å². The van der Waals surface area contributed by atoms with Crippen LogP contribution < -0.4 is 30.9 Å². The standard InChI is InChI=1S/C23H21N3O4.C22H19N3O4.C21H19N3O3/c27-11-23(12-29-13-23)14-30-18-8-6-16(7-9-18)19-10-26(17-4-2-1-3-5-17)21-20(19)22(28)25-15-24-21;26-21-19-18(10-25(20(19)23-14-24-21)16-4-2-1-3-5-16)15-6-8-17(9-7-15)29-13-22(27)11-28-12-22;1-14(25)12-27-17-9-7-15(8-10-17)18-11-24(16-5-3-2-4-6-16)20-19(18)22-13-23-21(20)26/h1-10,15,27H,11-14H2,(H,24,25,28);1-10,14,27H,11-13H2,(H,23,24,26);2-11,13-14,25H,12H2,1H3,(H,22,23,26). The Morgan fingerprint density at radius 1 is 0.512 bits per heavy atom. The first-order valence-corrected chi connectivity index (χ1v) is 27.7. The number of nitrogens with zero attached hydrogens (tertiary/aromatic N) is 6. The van der Waals surface area contributed by atoms with Crippen LogP contribution in [0.15, 0.2) is 216 Å². The fraction of sp³-hybridized carbons (Fsp3) is 0.182. The minimum Gasteiger partial charge on any atom is -0.493 e. The zero-order chi connectivity index (χ0) is 59.2. The number of aliphatic hydroxyl groups excluding tert-OH is 2. The summed E-state index contributed by atoms with van der Waals surface area (Å²) in [6.07, 6.45) is 9.52. The van der Waals surface area contributed by atoms with Gasteiger partial charge in [0.1, 0.15) is 53.7 Å². The second-order valence-corrected chi connectivity index (χ2v) is 21.2. The van der Waals surface area contributed by atoms with Crippen molar-refractivity contribution >= 4 is 33.1 Å². The smallest absolute Gasteiger partial charge is 0.275 e. The van der Waals surface area contributed by atoms with Gasteiger partial charge in [0, 0.05) is 52.3 Å². The number of para-hydroxylation sites is 3. The Morgan fingerprint density at radius 3 is 1.35 bits per heavy atom. The van der Waals surface area contributed by atoms with E-state index < -0.39 is 11.7 Å². The zero-order valence-electron chi connectivity index (χ0n) is 46.6. The molecule has 0 saturated carbocycles. The molecule has 20 heteroatoms. The van der Waals surface area contributed by atoms with Gasteiger partial charge < -0.3 is 67.7 Å². The summed E-state index contributed by atoms with van der Waals surface area (Å²) in [5.74, 6) is 2.03. The van der Waals surface area contributed by atoms with Crippen molar-refractivity contribution in [1.29, 1.82) is 0 Å². The molecule has 2 aliphatic heterocycles. The van der Waals surface area contributed by atoms with Gasteiger partial charge in [-0.2, -0.15) is 0 Å². The molecule has 6 N–H and O–H groups in total. The number of benzene rings is 6. The van der Waals surface area contributed by atoms with Crippen molar-refractivity contribution in [2.45, 2.75) is 18.6 Å². The molecule has 6 aromatic heterocycles. The average Bonchev–Trinajstić information content (AvgIpc) is 2.79. The van der Waals surface area contributed by atoms with E-state index in [1.54, 1.807) is 6.92 Å². The van der Waals surface area contributed by atoms with Gasteiger partial charge in [-0.05, 0) is 96.4 Å². The first kappa shape index (κ1) is 56.3. The number of hydrogen-bond acceptors (Lipinski definition) is 14. The highest BCUT2D eigenvalue weighted by Gasteiger charge is 2.39. The minimum absolute atomic E-state index is 0.0415. The molecule has 2 fully saturated rings. The molecule has 0 spiro atoms. The molecule has 2 aliphatic rings. The number of fused-ring (bicyclic) bond motifs is 3. The fourth-order valence-electron chi connectivity index (χ4n) is 10.1. The van der Waals surface area contributed by atoms with Crippen LogP contribution in [-0.4, -0.2) is 123 Å². The third-order valence-corrected chi connectivity index (χ3v) is 14.8. The number of hydrogen-bond donors (Lipinski definition) is 6. The summed E-state index contributed by atoms with van der Waals surface area (Å²) in [5, 5.41) is 30.0. The van der Waals surface area contributed by atoms with Gasteiger partial charge in [0.25, 0.3) is 16.7 Å². The van der Waals surface area contributed by atoms with Crippen molar-refractivity contribution in [3.8, 4) is 67.7 Å². The van der Waals surface area contributed by atoms with Gasteiger partial charge in [-0.1, -0.05) is 91.0 Å². The fourth-order valence-corrected chi connectivity index (χ4v) is 10.1. The summed E-state index contributed by atoms with van der Waals surface area (Å²) in [4.78, 5) is 58.8. The summed E-state index contributed by atoms with van der Waals surface area (Å²) in [7, 11) is 0. The van der Waals surface area contributed by atoms with Crippen molar-refractivity contribution < 1.29 is 39.0 Å². The van der Waals surface area contributed by atoms with Crippen molar-refractivity contribution in [2.75, 3.05) is 52.9 Å². The summed E-state index contributed by atoms with van der Waals surface area (Å²) in [6.45, 7) is 4.15. The van der Waals surface area contributed by atoms with Crippen LogP contribution in [0.25, 0.3) is 83.5 Å². The van der Waals surface area contributed by atoms with Crippen LogP contribution in [0, 0.1) is 5.41 Å². The molecule has 0 amide bonds. The maximum absolute atomic E-state index is 12.6. The van der Waals surface area contributed by atoms with Gasteiger partial charge in [0.2, 0.25) is 0 Å². The summed E-state index contributed by atoms with van der Waals surface area (Å²) in [6, 6.07) is 51.8. The van der Waals surface area contributed by atoms with E-state index in [4.69, 9.17) is 23.7 Å². The topological polar surface area (TPSA) is 259 Å². The molecule has 1 unspecified atom stereocenters. The molecular formula is C66H59N9O11. The summed E-state index contributed by atoms with van der Waals surface area (Å²) >= 11 is 0. The van der Waals surface area contributed by atoms with Gasteiger partial charge >= 0.3 is 0 Å². The predicted molar refractivity (Wildman–Crippen MR) is 326 cm³/mol. The Labute approximate surface area is 490 Å². The van der Waals surface area contributed by atoms with Crippen molar-refractivity contribution in [2.24, 2.45) is 5.41 Å². The monoisotopic (exact) mass is 1150 g/mol. The van der Waals surface area contributed by atoms with Gasteiger partial charge in [-0.25, -0.2) is 15.0 Å². The first-order chi connectivity index (χ1) is 41.9. The maximum atomic E-state index is 12.6. The Bertz CT molecular complexity index is 4450. The highest BCUT2D eigenvalue weighted by atomic mass is 16.6. The normalized spacial score (nSPS) is 14.2. The van der Waals surface area contributed by atoms with Crippen LogP contribution in [0.1, 0.15) is 6.92 Å². The molecule has 0 radical (unpaired) electrons. The second kappa shape index (κ2) is 24.5. The quantitative estimate of drug-likeness (QED) is 0.0531. The van der Waals surface area contributed by atoms with Crippen LogP contribution in [0.3, 0.4) is 0 Å². The van der Waals surface area contributed by atoms with Gasteiger partial charge in [-0.3, -0.25) is 14.4 Å². The van der Waals surface area contributed by atoms with Crippen LogP contribution in [-0.2, 0) is 9.47 Å². The lowest BCUT2D eigenvalue weighted by atomic mass is 9.88. The van der Waals surface area contributed by atoms with E-state index in [9.17, 15) is 29.7 Å². The highest BCUT2D eigenvalue weighted by Crippen LogP contribution is 2.35. The van der Waals surface area contributed by atoms with E-state index in [-0.39, 0.29) is 41.9 Å². The van der Waals surface area contributed by atoms with Gasteiger partial charge in [0.05, 0.1) is 74.3 Å². The summed E-state index contributed by atoms with van der Waals surface area (Å²) in [5.41, 5.74) is 8.49. The maximum Gasteiger partial charge on any atom is 0.275 e. The summed E-state index contributed by atoms with van der Waals surface area (Å²) < 4.78 is 33.0. The molecule has 1 atom stereocenters. The van der Waals surface area contributed by atoms with E-state index in [2.05, 4.69) is 29.9 Å². The average molecular weight is 1150 g/mol. The minimum atomic E-state index is -0.902. The number of aromatic nitrogens is 9. The molecule has 2 saturated heterocycles. The highest BCUT2D eigenvalue weighted by molar-refractivity contribution is 5.96. The molecule has 434 valence electrons. The number of nitrogens with one attached hydrogen (secondary N) is 3. The van der Waals surface area contributed by atoms with E-state index >= 15 is 0 Å². The number of aromatic amines is 3. The van der Waals surface area contributed by atoms with Crippen molar-refractivity contribution in [3.05, 3.63) is 232 Å². The van der Waals surface area contributed by atoms with Crippen LogP contribution in [0.5, 0.6) is 17.2 Å². The number of rotatable bonds is 16. The lowest BCUT2D eigenvalue weighted by Gasteiger charge is -2.39. The zero-order valence-corrected chi connectivity index (χ0v) is 46.6. The SMILES string of the molecule is CC(O)COc1ccc(-c2cn(-c3ccccc3)c3c(=O)[nH]cnc23)cc1.O=c1[nH]cnc2c1c(-c1ccc(OCC3(CO)COC3)cc1)cn2-c1ccccc1.O=c1[nH]cnc2c1c(-c1ccc(OCC3(O)COC3)cc1)cn2-c1ccccc1.